The van der Waals surface area contributed by atoms with E-state index in [0.717, 1.165) is 54.2 Å². The third-order valence-corrected chi connectivity index (χ3v) is 8.04. The average molecular weight is 425 g/mol. The summed E-state index contributed by atoms with van der Waals surface area (Å²) in [6.07, 6.45) is 5.92. The molecular weight excluding hydrogens is 392 g/mol. The Bertz CT molecular complexity index is 1130. The van der Waals surface area contributed by atoms with E-state index in [1.54, 1.807) is 0 Å². The monoisotopic (exact) mass is 424 g/mol. The molecule has 0 radical (unpaired) electrons. The molecule has 1 N–H and O–H groups in total. The largest absolute Gasteiger partial charge is 0.361 e. The Morgan fingerprint density at radius 3 is 2.83 bits per heavy atom. The standard InChI is InChI=1S/C23H32N4O2Si/c1-15-10-20-22(26-13-27(20)14-29-8-9-30(3,4)5)21(16(15)2)17-6-7-18-19(11-17)24-12-25-23(18)28/h10,12-13,17H,6-9,11,14H2,1-5H3,(H,24,25,28). The molecule has 2 aromatic heterocycles. The number of aryl methyl sites for hydroxylation is 1. The molecule has 1 aliphatic carbocycles. The lowest BCUT2D eigenvalue weighted by atomic mass is 9.80. The number of rotatable bonds is 6. The van der Waals surface area contributed by atoms with Gasteiger partial charge in [-0.15, -0.1) is 0 Å². The third-order valence-electron chi connectivity index (χ3n) is 6.34. The lowest BCUT2D eigenvalue weighted by molar-refractivity contribution is 0.0898. The molecule has 0 saturated carbocycles. The number of imidazole rings is 1. The van der Waals surface area contributed by atoms with Crippen LogP contribution in [0.15, 0.2) is 23.5 Å². The van der Waals surface area contributed by atoms with Gasteiger partial charge in [0.15, 0.2) is 0 Å². The van der Waals surface area contributed by atoms with E-state index in [1.165, 1.54) is 23.0 Å². The number of hydrogen-bond acceptors (Lipinski definition) is 4. The Morgan fingerprint density at radius 2 is 2.07 bits per heavy atom. The van der Waals surface area contributed by atoms with Crippen LogP contribution in [-0.2, 0) is 24.3 Å². The number of benzene rings is 1. The molecule has 7 heteroatoms. The predicted molar refractivity (Wildman–Crippen MR) is 123 cm³/mol. The fourth-order valence-electron chi connectivity index (χ4n) is 4.40. The summed E-state index contributed by atoms with van der Waals surface area (Å²) < 4.78 is 8.11. The van der Waals surface area contributed by atoms with E-state index in [-0.39, 0.29) is 5.56 Å². The zero-order valence-corrected chi connectivity index (χ0v) is 19.7. The van der Waals surface area contributed by atoms with Crippen molar-refractivity contribution in [2.45, 2.75) is 71.4 Å². The van der Waals surface area contributed by atoms with Gasteiger partial charge >= 0.3 is 0 Å². The van der Waals surface area contributed by atoms with Gasteiger partial charge in [-0.3, -0.25) is 4.79 Å². The molecule has 2 heterocycles. The lowest BCUT2D eigenvalue weighted by Gasteiger charge is -2.26. The first-order chi connectivity index (χ1) is 14.2. The number of aromatic nitrogens is 4. The molecule has 0 fully saturated rings. The SMILES string of the molecule is Cc1cc2c(ncn2COCC[Si](C)(C)C)c(C2CCc3c(nc[nH]c3=O)C2)c1C. The van der Waals surface area contributed by atoms with Crippen molar-refractivity contribution in [2.24, 2.45) is 0 Å². The van der Waals surface area contributed by atoms with Crippen molar-refractivity contribution in [1.82, 2.24) is 19.5 Å². The highest BCUT2D eigenvalue weighted by atomic mass is 28.3. The molecule has 1 aliphatic rings. The molecule has 0 spiro atoms. The van der Waals surface area contributed by atoms with Crippen LogP contribution in [0.1, 0.15) is 40.3 Å². The van der Waals surface area contributed by atoms with E-state index in [4.69, 9.17) is 9.72 Å². The van der Waals surface area contributed by atoms with Crippen LogP contribution >= 0.6 is 0 Å². The van der Waals surface area contributed by atoms with Gasteiger partial charge in [0.05, 0.1) is 29.4 Å². The summed E-state index contributed by atoms with van der Waals surface area (Å²) in [5, 5.41) is 0. The van der Waals surface area contributed by atoms with Gasteiger partial charge in [0.2, 0.25) is 0 Å². The number of fused-ring (bicyclic) bond motifs is 2. The summed E-state index contributed by atoms with van der Waals surface area (Å²) in [6, 6.07) is 3.39. The van der Waals surface area contributed by atoms with E-state index in [9.17, 15) is 4.79 Å². The van der Waals surface area contributed by atoms with Crippen LogP contribution in [0, 0.1) is 13.8 Å². The van der Waals surface area contributed by atoms with Crippen molar-refractivity contribution in [3.63, 3.8) is 0 Å². The number of nitrogens with one attached hydrogen (secondary N) is 1. The van der Waals surface area contributed by atoms with Gasteiger partial charge in [-0.05, 0) is 67.8 Å². The maximum Gasteiger partial charge on any atom is 0.254 e. The first kappa shape index (κ1) is 21.0. The summed E-state index contributed by atoms with van der Waals surface area (Å²) >= 11 is 0. The van der Waals surface area contributed by atoms with E-state index in [0.29, 0.717) is 12.6 Å². The number of ether oxygens (including phenoxy) is 1. The van der Waals surface area contributed by atoms with Crippen molar-refractivity contribution < 1.29 is 4.74 Å². The Labute approximate surface area is 178 Å². The van der Waals surface area contributed by atoms with Gasteiger partial charge in [-0.2, -0.15) is 0 Å². The van der Waals surface area contributed by atoms with Gasteiger partial charge in [0, 0.05) is 20.2 Å². The number of nitrogens with zero attached hydrogens (tertiary/aromatic N) is 3. The van der Waals surface area contributed by atoms with E-state index in [1.807, 2.05) is 6.33 Å². The topological polar surface area (TPSA) is 72.8 Å². The van der Waals surface area contributed by atoms with E-state index >= 15 is 0 Å². The molecule has 1 aromatic carbocycles. The maximum atomic E-state index is 12.1. The fourth-order valence-corrected chi connectivity index (χ4v) is 5.15. The second kappa shape index (κ2) is 8.11. The normalized spacial score (nSPS) is 16.8. The fraction of sp³-hybridized carbons (Fsp3) is 0.522. The summed E-state index contributed by atoms with van der Waals surface area (Å²) in [5.41, 5.74) is 7.84. The molecule has 3 aromatic rings. The molecule has 0 aliphatic heterocycles. The number of hydrogen-bond donors (Lipinski definition) is 1. The van der Waals surface area contributed by atoms with Crippen LogP contribution in [0.2, 0.25) is 25.7 Å². The van der Waals surface area contributed by atoms with Crippen LogP contribution in [0.4, 0.5) is 0 Å². The molecule has 1 unspecified atom stereocenters. The smallest absolute Gasteiger partial charge is 0.254 e. The second-order valence-corrected chi connectivity index (χ2v) is 15.4. The minimum Gasteiger partial charge on any atom is -0.361 e. The summed E-state index contributed by atoms with van der Waals surface area (Å²) in [5.74, 6) is 0.324. The summed E-state index contributed by atoms with van der Waals surface area (Å²) in [6.45, 7) is 12.8. The molecule has 4 rings (SSSR count). The van der Waals surface area contributed by atoms with Crippen LogP contribution in [0.25, 0.3) is 11.0 Å². The lowest BCUT2D eigenvalue weighted by Crippen LogP contribution is -2.24. The van der Waals surface area contributed by atoms with Gasteiger partial charge in [0.25, 0.3) is 5.56 Å². The molecule has 0 amide bonds. The quantitative estimate of drug-likeness (QED) is 0.472. The van der Waals surface area contributed by atoms with E-state index in [2.05, 4.69) is 54.1 Å². The summed E-state index contributed by atoms with van der Waals surface area (Å²) in [7, 11) is -1.09. The molecule has 30 heavy (non-hydrogen) atoms. The van der Waals surface area contributed by atoms with Gasteiger partial charge in [0.1, 0.15) is 6.73 Å². The molecule has 0 saturated heterocycles. The van der Waals surface area contributed by atoms with Gasteiger partial charge in [-0.1, -0.05) is 19.6 Å². The number of aromatic amines is 1. The highest BCUT2D eigenvalue weighted by Gasteiger charge is 2.27. The maximum absolute atomic E-state index is 12.1. The van der Waals surface area contributed by atoms with Crippen LogP contribution in [0.5, 0.6) is 0 Å². The third kappa shape index (κ3) is 4.14. The molecule has 0 bridgehead atoms. The molecule has 160 valence electrons. The highest BCUT2D eigenvalue weighted by molar-refractivity contribution is 6.76. The Balaban J connectivity index is 1.63. The van der Waals surface area contributed by atoms with Gasteiger partial charge in [-0.25, -0.2) is 9.97 Å². The average Bonchev–Trinajstić information content (AvgIpc) is 3.07. The number of H-pyrrole nitrogens is 1. The van der Waals surface area contributed by atoms with Crippen LogP contribution in [0.3, 0.4) is 0 Å². The zero-order valence-electron chi connectivity index (χ0n) is 18.7. The van der Waals surface area contributed by atoms with Crippen LogP contribution in [-0.4, -0.2) is 34.2 Å². The molecule has 6 nitrogen and oxygen atoms in total. The molecule has 1 atom stereocenters. The Hall–Kier alpha value is -2.25. The summed E-state index contributed by atoms with van der Waals surface area (Å²) in [4.78, 5) is 24.1. The Kier molecular flexibility index (Phi) is 5.68. The minimum absolute atomic E-state index is 0.00399. The minimum atomic E-state index is -1.09. The first-order valence-electron chi connectivity index (χ1n) is 10.8. The van der Waals surface area contributed by atoms with E-state index < -0.39 is 8.07 Å². The van der Waals surface area contributed by atoms with Crippen molar-refractivity contribution >= 4 is 19.1 Å². The van der Waals surface area contributed by atoms with Crippen molar-refractivity contribution in [3.05, 3.63) is 57.0 Å². The Morgan fingerprint density at radius 1 is 1.27 bits per heavy atom. The van der Waals surface area contributed by atoms with Crippen molar-refractivity contribution in [1.29, 1.82) is 0 Å². The van der Waals surface area contributed by atoms with Crippen LogP contribution < -0.4 is 5.56 Å². The second-order valence-electron chi connectivity index (χ2n) is 9.76. The van der Waals surface area contributed by atoms with Gasteiger partial charge < -0.3 is 14.3 Å². The highest BCUT2D eigenvalue weighted by Crippen LogP contribution is 2.37. The van der Waals surface area contributed by atoms with Crippen molar-refractivity contribution in [2.75, 3.05) is 6.61 Å². The molecular formula is C23H32N4O2Si. The van der Waals surface area contributed by atoms with Crippen molar-refractivity contribution in [3.8, 4) is 0 Å². The zero-order chi connectivity index (χ0) is 21.5. The predicted octanol–water partition coefficient (Wildman–Crippen LogP) is 4.32. The first-order valence-corrected chi connectivity index (χ1v) is 14.5.